The fourth-order valence-electron chi connectivity index (χ4n) is 2.25. The highest BCUT2D eigenvalue weighted by Gasteiger charge is 2.18. The summed E-state index contributed by atoms with van der Waals surface area (Å²) in [7, 11) is -3.55. The number of sulfonamides is 1. The summed E-state index contributed by atoms with van der Waals surface area (Å²) in [6.45, 7) is 1.86. The molecule has 1 atom stereocenters. The van der Waals surface area contributed by atoms with Crippen LogP contribution in [0.25, 0.3) is 11.1 Å². The zero-order valence-corrected chi connectivity index (χ0v) is 13.4. The third-order valence-corrected chi connectivity index (χ3v) is 5.10. The molecule has 0 amide bonds. The molecule has 0 saturated heterocycles. The molecule has 0 fully saturated rings. The van der Waals surface area contributed by atoms with E-state index in [0.29, 0.717) is 12.8 Å². The normalized spacial score (nSPS) is 13.0. The zero-order chi connectivity index (χ0) is 16.0. The van der Waals surface area contributed by atoms with Crippen LogP contribution in [0.2, 0.25) is 0 Å². The average Bonchev–Trinajstić information content (AvgIpc) is 2.55. The Hall–Kier alpha value is -1.69. The van der Waals surface area contributed by atoms with Crippen LogP contribution in [0.5, 0.6) is 0 Å². The number of aliphatic hydroxyl groups is 1. The molecule has 0 spiro atoms. The molecule has 0 heterocycles. The van der Waals surface area contributed by atoms with Crippen LogP contribution in [-0.4, -0.2) is 26.2 Å². The lowest BCUT2D eigenvalue weighted by Crippen LogP contribution is -2.35. The van der Waals surface area contributed by atoms with Crippen molar-refractivity contribution in [3.8, 4) is 11.1 Å². The van der Waals surface area contributed by atoms with Crippen molar-refractivity contribution in [1.29, 1.82) is 0 Å². The Morgan fingerprint density at radius 3 is 2.14 bits per heavy atom. The third-order valence-electron chi connectivity index (χ3n) is 3.56. The highest BCUT2D eigenvalue weighted by atomic mass is 32.2. The van der Waals surface area contributed by atoms with Crippen molar-refractivity contribution in [1.82, 2.24) is 4.72 Å². The smallest absolute Gasteiger partial charge is 0.240 e. The topological polar surface area (TPSA) is 66.4 Å². The Morgan fingerprint density at radius 1 is 1.00 bits per heavy atom. The summed E-state index contributed by atoms with van der Waals surface area (Å²) >= 11 is 0. The molecule has 0 aliphatic rings. The van der Waals surface area contributed by atoms with Crippen molar-refractivity contribution in [2.24, 2.45) is 0 Å². The molecule has 22 heavy (non-hydrogen) atoms. The van der Waals surface area contributed by atoms with Gasteiger partial charge in [0.25, 0.3) is 0 Å². The minimum absolute atomic E-state index is 0.0338. The number of rotatable bonds is 7. The van der Waals surface area contributed by atoms with E-state index >= 15 is 0 Å². The number of aliphatic hydroxyl groups excluding tert-OH is 1. The molecule has 0 radical (unpaired) electrons. The first-order chi connectivity index (χ1) is 10.6. The van der Waals surface area contributed by atoms with Crippen molar-refractivity contribution in [2.45, 2.75) is 30.7 Å². The second-order valence-corrected chi connectivity index (χ2v) is 6.84. The van der Waals surface area contributed by atoms with Gasteiger partial charge in [-0.05, 0) is 36.1 Å². The number of nitrogens with one attached hydrogen (secondary N) is 1. The molecular weight excluding hydrogens is 298 g/mol. The van der Waals surface area contributed by atoms with Gasteiger partial charge in [0, 0.05) is 12.6 Å². The van der Waals surface area contributed by atoms with E-state index in [1.807, 2.05) is 37.3 Å². The van der Waals surface area contributed by atoms with Crippen molar-refractivity contribution in [3.63, 3.8) is 0 Å². The molecule has 2 rings (SSSR count). The second-order valence-electron chi connectivity index (χ2n) is 5.13. The van der Waals surface area contributed by atoms with E-state index in [1.54, 1.807) is 24.3 Å². The van der Waals surface area contributed by atoms with Crippen molar-refractivity contribution in [2.75, 3.05) is 6.61 Å². The van der Waals surface area contributed by atoms with Gasteiger partial charge in [0.05, 0.1) is 4.90 Å². The Kier molecular flexibility index (Phi) is 5.71. The molecule has 4 nitrogen and oxygen atoms in total. The maximum Gasteiger partial charge on any atom is 0.240 e. The number of hydrogen-bond acceptors (Lipinski definition) is 3. The summed E-state index contributed by atoms with van der Waals surface area (Å²) in [5.74, 6) is 0. The summed E-state index contributed by atoms with van der Waals surface area (Å²) in [6, 6.07) is 16.4. The maximum atomic E-state index is 12.3. The molecule has 2 aromatic rings. The van der Waals surface area contributed by atoms with Gasteiger partial charge >= 0.3 is 0 Å². The predicted molar refractivity (Wildman–Crippen MR) is 88.0 cm³/mol. The third kappa shape index (κ3) is 4.16. The first-order valence-electron chi connectivity index (χ1n) is 7.35. The summed E-state index contributed by atoms with van der Waals surface area (Å²) in [5, 5.41) is 8.96. The Balaban J connectivity index is 2.19. The minimum atomic E-state index is -3.55. The lowest BCUT2D eigenvalue weighted by molar-refractivity contribution is 0.270. The summed E-state index contributed by atoms with van der Waals surface area (Å²) in [5.41, 5.74) is 2.02. The van der Waals surface area contributed by atoms with Gasteiger partial charge in [-0.15, -0.1) is 0 Å². The Bertz CT molecular complexity index is 682. The molecule has 1 unspecified atom stereocenters. The second kappa shape index (κ2) is 7.54. The van der Waals surface area contributed by atoms with Crippen LogP contribution >= 0.6 is 0 Å². The van der Waals surface area contributed by atoms with Crippen LogP contribution in [0.1, 0.15) is 19.8 Å². The molecule has 5 heteroatoms. The lowest BCUT2D eigenvalue weighted by atomic mass is 10.1. The first kappa shape index (κ1) is 16.7. The zero-order valence-electron chi connectivity index (χ0n) is 12.6. The van der Waals surface area contributed by atoms with E-state index in [9.17, 15) is 8.42 Å². The maximum absolute atomic E-state index is 12.3. The van der Waals surface area contributed by atoms with Crippen LogP contribution in [0.4, 0.5) is 0 Å². The van der Waals surface area contributed by atoms with Gasteiger partial charge in [-0.2, -0.15) is 0 Å². The predicted octanol–water partition coefficient (Wildman–Crippen LogP) is 2.79. The van der Waals surface area contributed by atoms with E-state index in [0.717, 1.165) is 11.1 Å². The molecular formula is C17H21NO3S. The Labute approximate surface area is 131 Å². The van der Waals surface area contributed by atoms with E-state index in [1.165, 1.54) is 0 Å². The molecule has 0 bridgehead atoms. The monoisotopic (exact) mass is 319 g/mol. The number of benzene rings is 2. The van der Waals surface area contributed by atoms with Gasteiger partial charge in [-0.1, -0.05) is 49.4 Å². The van der Waals surface area contributed by atoms with Crippen molar-refractivity contribution in [3.05, 3.63) is 54.6 Å². The molecule has 0 aliphatic heterocycles. The van der Waals surface area contributed by atoms with E-state index in [4.69, 9.17) is 5.11 Å². The van der Waals surface area contributed by atoms with Gasteiger partial charge in [0.2, 0.25) is 10.0 Å². The standard InChI is InChI=1S/C17H21NO3S/c1-2-16(12-13-19)18-22(20,21)17-10-8-15(9-11-17)14-6-4-3-5-7-14/h3-11,16,18-19H,2,12-13H2,1H3. The fourth-order valence-corrected chi connectivity index (χ4v) is 3.60. The quantitative estimate of drug-likeness (QED) is 0.824. The van der Waals surface area contributed by atoms with Gasteiger partial charge in [-0.25, -0.2) is 13.1 Å². The largest absolute Gasteiger partial charge is 0.396 e. The van der Waals surface area contributed by atoms with E-state index < -0.39 is 10.0 Å². The summed E-state index contributed by atoms with van der Waals surface area (Å²) in [4.78, 5) is 0.239. The van der Waals surface area contributed by atoms with E-state index in [2.05, 4.69) is 4.72 Å². The van der Waals surface area contributed by atoms with Crippen LogP contribution < -0.4 is 4.72 Å². The van der Waals surface area contributed by atoms with Gasteiger partial charge in [-0.3, -0.25) is 0 Å². The highest BCUT2D eigenvalue weighted by Crippen LogP contribution is 2.21. The summed E-state index contributed by atoms with van der Waals surface area (Å²) in [6.07, 6.45) is 1.06. The average molecular weight is 319 g/mol. The van der Waals surface area contributed by atoms with Crippen LogP contribution in [0.15, 0.2) is 59.5 Å². The molecule has 2 N–H and O–H groups in total. The van der Waals surface area contributed by atoms with Gasteiger partial charge in [0.15, 0.2) is 0 Å². The SMILES string of the molecule is CCC(CCO)NS(=O)(=O)c1ccc(-c2ccccc2)cc1. The lowest BCUT2D eigenvalue weighted by Gasteiger charge is -2.16. The van der Waals surface area contributed by atoms with Gasteiger partial charge in [0.1, 0.15) is 0 Å². The van der Waals surface area contributed by atoms with Gasteiger partial charge < -0.3 is 5.11 Å². The van der Waals surface area contributed by atoms with Crippen LogP contribution in [0, 0.1) is 0 Å². The fraction of sp³-hybridized carbons (Fsp3) is 0.294. The van der Waals surface area contributed by atoms with E-state index in [-0.39, 0.29) is 17.5 Å². The molecule has 0 saturated carbocycles. The van der Waals surface area contributed by atoms with Crippen LogP contribution in [0.3, 0.4) is 0 Å². The minimum Gasteiger partial charge on any atom is -0.396 e. The van der Waals surface area contributed by atoms with Crippen molar-refractivity contribution < 1.29 is 13.5 Å². The van der Waals surface area contributed by atoms with Crippen molar-refractivity contribution >= 4 is 10.0 Å². The molecule has 0 aromatic heterocycles. The Morgan fingerprint density at radius 2 is 1.59 bits per heavy atom. The molecule has 0 aliphatic carbocycles. The van der Waals surface area contributed by atoms with Crippen LogP contribution in [-0.2, 0) is 10.0 Å². The summed E-state index contributed by atoms with van der Waals surface area (Å²) < 4.78 is 27.3. The number of hydrogen-bond donors (Lipinski definition) is 2. The molecule has 2 aromatic carbocycles. The first-order valence-corrected chi connectivity index (χ1v) is 8.84. The molecule has 118 valence electrons. The highest BCUT2D eigenvalue weighted by molar-refractivity contribution is 7.89.